The molecule has 0 fully saturated rings. The SMILES string of the molecule is C[C@@H](Cc1noc(=O)[nH]1)NC(=O)O. The van der Waals surface area contributed by atoms with E-state index >= 15 is 0 Å². The Morgan fingerprint density at radius 1 is 1.85 bits per heavy atom. The molecule has 1 atom stereocenters. The van der Waals surface area contributed by atoms with Crippen LogP contribution < -0.4 is 11.1 Å². The minimum Gasteiger partial charge on any atom is -0.465 e. The molecule has 0 saturated heterocycles. The zero-order valence-corrected chi connectivity index (χ0v) is 6.90. The average Bonchev–Trinajstić information content (AvgIpc) is 2.33. The van der Waals surface area contributed by atoms with Crippen molar-refractivity contribution in [3.05, 3.63) is 16.4 Å². The van der Waals surface area contributed by atoms with E-state index in [-0.39, 0.29) is 12.5 Å². The van der Waals surface area contributed by atoms with E-state index in [1.54, 1.807) is 6.92 Å². The Labute approximate surface area is 72.7 Å². The van der Waals surface area contributed by atoms with Crippen LogP contribution in [0.5, 0.6) is 0 Å². The van der Waals surface area contributed by atoms with E-state index in [9.17, 15) is 9.59 Å². The number of rotatable bonds is 3. The van der Waals surface area contributed by atoms with Crippen molar-refractivity contribution in [3.63, 3.8) is 0 Å². The molecule has 72 valence electrons. The molecule has 7 heteroatoms. The van der Waals surface area contributed by atoms with Gasteiger partial charge in [0, 0.05) is 12.5 Å². The summed E-state index contributed by atoms with van der Waals surface area (Å²) >= 11 is 0. The summed E-state index contributed by atoms with van der Waals surface area (Å²) in [5.74, 6) is -0.316. The van der Waals surface area contributed by atoms with Crippen LogP contribution in [0.3, 0.4) is 0 Å². The minimum atomic E-state index is -1.11. The van der Waals surface area contributed by atoms with Gasteiger partial charge < -0.3 is 10.4 Å². The van der Waals surface area contributed by atoms with Crippen LogP contribution in [0, 0.1) is 0 Å². The average molecular weight is 187 g/mol. The Hall–Kier alpha value is -1.79. The van der Waals surface area contributed by atoms with Crippen molar-refractivity contribution in [1.29, 1.82) is 0 Å². The molecule has 0 aliphatic heterocycles. The van der Waals surface area contributed by atoms with Gasteiger partial charge in [-0.05, 0) is 6.92 Å². The fourth-order valence-corrected chi connectivity index (χ4v) is 0.900. The third-order valence-electron chi connectivity index (χ3n) is 1.35. The molecule has 0 unspecified atom stereocenters. The van der Waals surface area contributed by atoms with Gasteiger partial charge in [-0.3, -0.25) is 9.51 Å². The molecule has 0 saturated carbocycles. The summed E-state index contributed by atoms with van der Waals surface area (Å²) in [5.41, 5.74) is 0. The quantitative estimate of drug-likeness (QED) is 0.594. The predicted octanol–water partition coefficient (Wildman–Crippen LogP) is -0.438. The lowest BCUT2D eigenvalue weighted by molar-refractivity contribution is 0.190. The largest absolute Gasteiger partial charge is 0.465 e. The van der Waals surface area contributed by atoms with Crippen LogP contribution in [-0.2, 0) is 6.42 Å². The number of H-pyrrole nitrogens is 1. The molecular weight excluding hydrogens is 178 g/mol. The Morgan fingerprint density at radius 2 is 2.54 bits per heavy atom. The zero-order valence-electron chi connectivity index (χ0n) is 6.90. The van der Waals surface area contributed by atoms with Crippen LogP contribution in [0.15, 0.2) is 9.32 Å². The Morgan fingerprint density at radius 3 is 3.00 bits per heavy atom. The molecule has 0 spiro atoms. The molecular formula is C6H9N3O4. The first-order valence-electron chi connectivity index (χ1n) is 3.62. The topological polar surface area (TPSA) is 108 Å². The van der Waals surface area contributed by atoms with Crippen LogP contribution >= 0.6 is 0 Å². The number of nitrogens with one attached hydrogen (secondary N) is 2. The van der Waals surface area contributed by atoms with E-state index in [0.717, 1.165) is 0 Å². The molecule has 1 rings (SSSR count). The third-order valence-corrected chi connectivity index (χ3v) is 1.35. The lowest BCUT2D eigenvalue weighted by Crippen LogP contribution is -2.33. The van der Waals surface area contributed by atoms with Gasteiger partial charge in [-0.1, -0.05) is 5.16 Å². The van der Waals surface area contributed by atoms with Gasteiger partial charge in [0.25, 0.3) is 0 Å². The summed E-state index contributed by atoms with van der Waals surface area (Å²) in [6, 6.07) is -0.321. The lowest BCUT2D eigenvalue weighted by Gasteiger charge is -2.07. The van der Waals surface area contributed by atoms with Gasteiger partial charge in [0.05, 0.1) is 0 Å². The van der Waals surface area contributed by atoms with Gasteiger partial charge in [-0.2, -0.15) is 0 Å². The van der Waals surface area contributed by atoms with Crippen LogP contribution in [0.4, 0.5) is 4.79 Å². The molecule has 1 aromatic heterocycles. The number of aromatic amines is 1. The molecule has 0 aromatic carbocycles. The minimum absolute atomic E-state index is 0.290. The maximum absolute atomic E-state index is 10.5. The summed E-state index contributed by atoms with van der Waals surface area (Å²) in [7, 11) is 0. The summed E-state index contributed by atoms with van der Waals surface area (Å²) in [5, 5.41) is 13.9. The second-order valence-corrected chi connectivity index (χ2v) is 2.60. The van der Waals surface area contributed by atoms with Crippen molar-refractivity contribution in [3.8, 4) is 0 Å². The van der Waals surface area contributed by atoms with E-state index < -0.39 is 11.8 Å². The molecule has 0 bridgehead atoms. The molecule has 1 heterocycles. The molecule has 7 nitrogen and oxygen atoms in total. The predicted molar refractivity (Wildman–Crippen MR) is 41.5 cm³/mol. The van der Waals surface area contributed by atoms with Crippen molar-refractivity contribution in [2.24, 2.45) is 0 Å². The van der Waals surface area contributed by atoms with Crippen molar-refractivity contribution in [1.82, 2.24) is 15.5 Å². The number of hydrogen-bond acceptors (Lipinski definition) is 4. The number of aromatic nitrogens is 2. The van der Waals surface area contributed by atoms with E-state index in [2.05, 4.69) is 20.0 Å². The zero-order chi connectivity index (χ0) is 9.84. The van der Waals surface area contributed by atoms with Crippen LogP contribution in [-0.4, -0.2) is 27.4 Å². The monoisotopic (exact) mass is 187 g/mol. The van der Waals surface area contributed by atoms with Gasteiger partial charge in [-0.15, -0.1) is 0 Å². The van der Waals surface area contributed by atoms with Crippen molar-refractivity contribution in [2.45, 2.75) is 19.4 Å². The summed E-state index contributed by atoms with van der Waals surface area (Å²) in [6.07, 6.45) is -0.823. The van der Waals surface area contributed by atoms with E-state index in [4.69, 9.17) is 5.11 Å². The highest BCUT2D eigenvalue weighted by Gasteiger charge is 2.09. The van der Waals surface area contributed by atoms with E-state index in [1.165, 1.54) is 0 Å². The van der Waals surface area contributed by atoms with E-state index in [1.807, 2.05) is 0 Å². The Balaban J connectivity index is 2.49. The Kier molecular flexibility index (Phi) is 2.68. The number of hydrogen-bond donors (Lipinski definition) is 3. The molecule has 13 heavy (non-hydrogen) atoms. The summed E-state index contributed by atoms with van der Waals surface area (Å²) in [4.78, 5) is 23.0. The van der Waals surface area contributed by atoms with Crippen LogP contribution in [0.1, 0.15) is 12.7 Å². The van der Waals surface area contributed by atoms with Gasteiger partial charge in [0.1, 0.15) is 0 Å². The highest BCUT2D eigenvalue weighted by Crippen LogP contribution is 1.92. The van der Waals surface area contributed by atoms with Crippen LogP contribution in [0.25, 0.3) is 0 Å². The number of nitrogens with zero attached hydrogens (tertiary/aromatic N) is 1. The number of carboxylic acid groups (broad SMARTS) is 1. The Bertz CT molecular complexity index is 342. The maximum atomic E-state index is 10.5. The summed E-state index contributed by atoms with van der Waals surface area (Å²) < 4.78 is 4.23. The second-order valence-electron chi connectivity index (χ2n) is 2.60. The number of carbonyl (C=O) groups is 1. The second kappa shape index (κ2) is 3.74. The maximum Gasteiger partial charge on any atom is 0.438 e. The fourth-order valence-electron chi connectivity index (χ4n) is 0.900. The first-order chi connectivity index (χ1) is 6.08. The standard InChI is InChI=1S/C6H9N3O4/c1-3(7-5(10)11)2-4-8-6(12)13-9-4/h3,7H,2H2,1H3,(H,10,11)(H,8,9,12)/t3-/m0/s1. The van der Waals surface area contributed by atoms with Crippen molar-refractivity contribution in [2.75, 3.05) is 0 Å². The van der Waals surface area contributed by atoms with Crippen molar-refractivity contribution < 1.29 is 14.4 Å². The van der Waals surface area contributed by atoms with E-state index in [0.29, 0.717) is 5.82 Å². The normalized spacial score (nSPS) is 12.4. The lowest BCUT2D eigenvalue weighted by atomic mass is 10.2. The van der Waals surface area contributed by atoms with Crippen LogP contribution in [0.2, 0.25) is 0 Å². The highest BCUT2D eigenvalue weighted by molar-refractivity contribution is 5.64. The van der Waals surface area contributed by atoms with Gasteiger partial charge >= 0.3 is 11.8 Å². The fraction of sp³-hybridized carbons (Fsp3) is 0.500. The molecule has 0 radical (unpaired) electrons. The number of amides is 1. The first-order valence-corrected chi connectivity index (χ1v) is 3.62. The smallest absolute Gasteiger partial charge is 0.438 e. The summed E-state index contributed by atoms with van der Waals surface area (Å²) in [6.45, 7) is 1.65. The third kappa shape index (κ3) is 2.97. The van der Waals surface area contributed by atoms with Gasteiger partial charge in [-0.25, -0.2) is 9.59 Å². The molecule has 3 N–H and O–H groups in total. The van der Waals surface area contributed by atoms with Gasteiger partial charge in [0.15, 0.2) is 5.82 Å². The molecule has 1 amide bonds. The molecule has 0 aliphatic carbocycles. The highest BCUT2D eigenvalue weighted by atomic mass is 16.5. The van der Waals surface area contributed by atoms with Gasteiger partial charge in [0.2, 0.25) is 0 Å². The van der Waals surface area contributed by atoms with Crippen molar-refractivity contribution >= 4 is 6.09 Å². The molecule has 0 aliphatic rings. The molecule has 1 aromatic rings. The first kappa shape index (κ1) is 9.30.